The van der Waals surface area contributed by atoms with Crippen molar-refractivity contribution in [3.8, 4) is 0 Å². The highest BCUT2D eigenvalue weighted by Gasteiger charge is 2.74. The monoisotopic (exact) mass is 310 g/mol. The van der Waals surface area contributed by atoms with Crippen LogP contribution in [0.4, 0.5) is 0 Å². The molecular weight excluding hydrogens is 299 g/mol. The summed E-state index contributed by atoms with van der Waals surface area (Å²) >= 11 is 2.00. The lowest BCUT2D eigenvalue weighted by Gasteiger charge is -2.26. The van der Waals surface area contributed by atoms with Crippen LogP contribution < -0.4 is 0 Å². The van der Waals surface area contributed by atoms with Gasteiger partial charge in [0.25, 0.3) is 0 Å². The normalized spacial score (nSPS) is 52.0. The third kappa shape index (κ3) is 0.832. The van der Waals surface area contributed by atoms with E-state index in [9.17, 15) is 9.59 Å². The summed E-state index contributed by atoms with van der Waals surface area (Å²) in [7, 11) is 0. The Morgan fingerprint density at radius 1 is 1.21 bits per heavy atom. The van der Waals surface area contributed by atoms with E-state index in [-0.39, 0.29) is 12.2 Å². The largest absolute Gasteiger partial charge is 0.392 e. The zero-order chi connectivity index (χ0) is 10.7. The van der Waals surface area contributed by atoms with Crippen LogP contribution in [0.2, 0.25) is 0 Å². The molecular formula is C9H11IO4. The Kier molecular flexibility index (Phi) is 1.99. The zero-order valence-corrected chi connectivity index (χ0v) is 10.3. The average Bonchev–Trinajstić information content (AvgIpc) is 2.38. The van der Waals surface area contributed by atoms with Crippen molar-refractivity contribution in [3.63, 3.8) is 0 Å². The van der Waals surface area contributed by atoms with E-state index in [1.807, 2.05) is 22.6 Å². The number of cyclic esters (lactones) is 2. The molecule has 0 aromatic rings. The molecule has 0 saturated carbocycles. The number of ether oxygens (including phenoxy) is 2. The topological polar surface area (TPSA) is 52.6 Å². The smallest absolute Gasteiger partial charge is 0.333 e. The van der Waals surface area contributed by atoms with Gasteiger partial charge in [0.1, 0.15) is 5.41 Å². The van der Waals surface area contributed by atoms with Crippen LogP contribution in [-0.4, -0.2) is 27.6 Å². The molecule has 4 nitrogen and oxygen atoms in total. The van der Waals surface area contributed by atoms with Crippen LogP contribution in [0.5, 0.6) is 0 Å². The van der Waals surface area contributed by atoms with Crippen LogP contribution in [0.25, 0.3) is 0 Å². The molecule has 2 heterocycles. The molecule has 0 radical (unpaired) electrons. The zero-order valence-electron chi connectivity index (χ0n) is 8.17. The Hall–Kier alpha value is -0.170. The second-order valence-corrected chi connectivity index (χ2v) is 5.71. The number of esters is 2. The number of rotatable bonds is 0. The van der Waals surface area contributed by atoms with Gasteiger partial charge in [-0.1, -0.05) is 22.6 Å². The molecule has 0 N–H and O–H groups in total. The molecule has 0 spiro atoms. The lowest BCUT2D eigenvalue weighted by molar-refractivity contribution is -0.159. The van der Waals surface area contributed by atoms with Crippen molar-refractivity contribution in [2.24, 2.45) is 5.41 Å². The second-order valence-electron chi connectivity index (χ2n) is 4.01. The number of hydrogen-bond acceptors (Lipinski definition) is 4. The van der Waals surface area contributed by atoms with Crippen molar-refractivity contribution in [1.29, 1.82) is 0 Å². The highest BCUT2D eigenvalue weighted by Crippen LogP contribution is 2.57. The Bertz CT molecular complexity index is 299. The molecule has 2 aliphatic rings. The maximum absolute atomic E-state index is 11.6. The minimum Gasteiger partial charge on any atom is -0.392 e. The number of halogens is 1. The molecule has 2 aliphatic heterocycles. The summed E-state index contributed by atoms with van der Waals surface area (Å²) in [4.78, 5) is 23.2. The van der Waals surface area contributed by atoms with Gasteiger partial charge in [-0.3, -0.25) is 4.79 Å². The van der Waals surface area contributed by atoms with E-state index in [0.717, 1.165) is 0 Å². The van der Waals surface area contributed by atoms with Gasteiger partial charge >= 0.3 is 11.9 Å². The standard InChI is InChI=1S/C9H11IO4/c1-4-8(3)6(11)14-7(12)9(8,10)5(2)13-4/h4-5H,1-3H3. The fourth-order valence-corrected chi connectivity index (χ4v) is 3.13. The van der Waals surface area contributed by atoms with Gasteiger partial charge in [0, 0.05) is 0 Å². The van der Waals surface area contributed by atoms with Gasteiger partial charge in [-0.15, -0.1) is 0 Å². The molecule has 4 unspecified atom stereocenters. The summed E-state index contributed by atoms with van der Waals surface area (Å²) in [5.74, 6) is -0.934. The number of alkyl halides is 1. The van der Waals surface area contributed by atoms with Gasteiger partial charge < -0.3 is 9.47 Å². The maximum atomic E-state index is 11.6. The van der Waals surface area contributed by atoms with Crippen LogP contribution in [0.15, 0.2) is 0 Å². The molecule has 0 aromatic heterocycles. The van der Waals surface area contributed by atoms with Gasteiger partial charge in [-0.2, -0.15) is 0 Å². The van der Waals surface area contributed by atoms with E-state index in [1.54, 1.807) is 20.8 Å². The summed E-state index contributed by atoms with van der Waals surface area (Å²) in [6.45, 7) is 5.34. The minimum absolute atomic E-state index is 0.284. The van der Waals surface area contributed by atoms with Crippen LogP contribution in [0.1, 0.15) is 20.8 Å². The number of hydrogen-bond donors (Lipinski definition) is 0. The minimum atomic E-state index is -0.860. The predicted octanol–water partition coefficient (Wildman–Crippen LogP) is 1.06. The van der Waals surface area contributed by atoms with Crippen LogP contribution in [-0.2, 0) is 19.1 Å². The van der Waals surface area contributed by atoms with Crippen molar-refractivity contribution in [1.82, 2.24) is 0 Å². The average molecular weight is 310 g/mol. The SMILES string of the molecule is CC1OC(C)C2(I)C(=O)OC(=O)C12C. The van der Waals surface area contributed by atoms with E-state index in [4.69, 9.17) is 9.47 Å². The molecule has 5 heteroatoms. The molecule has 0 bridgehead atoms. The van der Waals surface area contributed by atoms with Gasteiger partial charge in [-0.25, -0.2) is 4.79 Å². The van der Waals surface area contributed by atoms with E-state index in [1.165, 1.54) is 0 Å². The summed E-state index contributed by atoms with van der Waals surface area (Å²) in [5, 5.41) is 0. The van der Waals surface area contributed by atoms with Crippen LogP contribution in [0.3, 0.4) is 0 Å². The lowest BCUT2D eigenvalue weighted by atomic mass is 9.75. The quantitative estimate of drug-likeness (QED) is 0.290. The summed E-state index contributed by atoms with van der Waals surface area (Å²) < 4.78 is 9.40. The third-order valence-corrected chi connectivity index (χ3v) is 5.88. The van der Waals surface area contributed by atoms with E-state index in [0.29, 0.717) is 0 Å². The fraction of sp³-hybridized carbons (Fsp3) is 0.778. The van der Waals surface area contributed by atoms with Crippen LogP contribution >= 0.6 is 22.6 Å². The molecule has 0 aromatic carbocycles. The van der Waals surface area contributed by atoms with E-state index >= 15 is 0 Å². The van der Waals surface area contributed by atoms with E-state index < -0.39 is 20.8 Å². The number of fused-ring (bicyclic) bond motifs is 1. The van der Waals surface area contributed by atoms with E-state index in [2.05, 4.69) is 0 Å². The molecule has 4 atom stereocenters. The number of carbonyl (C=O) groups excluding carboxylic acids is 2. The van der Waals surface area contributed by atoms with Crippen molar-refractivity contribution in [3.05, 3.63) is 0 Å². The fourth-order valence-electron chi connectivity index (χ4n) is 2.21. The molecule has 2 saturated heterocycles. The Morgan fingerprint density at radius 2 is 1.79 bits per heavy atom. The Labute approximate surface area is 95.5 Å². The highest BCUT2D eigenvalue weighted by molar-refractivity contribution is 14.1. The third-order valence-electron chi connectivity index (χ3n) is 3.44. The molecule has 2 fully saturated rings. The first-order valence-corrected chi connectivity index (χ1v) is 5.54. The second kappa shape index (κ2) is 2.69. The van der Waals surface area contributed by atoms with Crippen molar-refractivity contribution < 1.29 is 19.1 Å². The summed E-state index contributed by atoms with van der Waals surface area (Å²) in [6.07, 6.45) is -0.574. The molecule has 0 aliphatic carbocycles. The van der Waals surface area contributed by atoms with Gasteiger partial charge in [-0.05, 0) is 20.8 Å². The first kappa shape index (κ1) is 10.4. The first-order valence-electron chi connectivity index (χ1n) is 4.46. The van der Waals surface area contributed by atoms with Crippen molar-refractivity contribution in [2.45, 2.75) is 36.4 Å². The molecule has 2 rings (SSSR count). The van der Waals surface area contributed by atoms with Crippen molar-refractivity contribution in [2.75, 3.05) is 0 Å². The first-order chi connectivity index (χ1) is 6.35. The van der Waals surface area contributed by atoms with Crippen LogP contribution in [0, 0.1) is 5.41 Å². The molecule has 78 valence electrons. The van der Waals surface area contributed by atoms with Gasteiger partial charge in [0.15, 0.2) is 3.42 Å². The lowest BCUT2D eigenvalue weighted by Crippen LogP contribution is -2.48. The van der Waals surface area contributed by atoms with Crippen molar-refractivity contribution >= 4 is 34.5 Å². The van der Waals surface area contributed by atoms with Gasteiger partial charge in [0.05, 0.1) is 12.2 Å². The Balaban J connectivity index is 2.59. The number of carbonyl (C=O) groups is 2. The molecule has 14 heavy (non-hydrogen) atoms. The van der Waals surface area contributed by atoms with Gasteiger partial charge in [0.2, 0.25) is 0 Å². The summed E-state index contributed by atoms with van der Waals surface area (Å²) in [5.41, 5.74) is -0.843. The predicted molar refractivity (Wildman–Crippen MR) is 56.0 cm³/mol. The molecule has 0 amide bonds. The Morgan fingerprint density at radius 3 is 2.29 bits per heavy atom. The maximum Gasteiger partial charge on any atom is 0.333 e. The highest BCUT2D eigenvalue weighted by atomic mass is 127. The summed E-state index contributed by atoms with van der Waals surface area (Å²) in [6, 6.07) is 0.